The van der Waals surface area contributed by atoms with Gasteiger partial charge in [0.25, 0.3) is 5.91 Å². The number of rotatable bonds is 4. The molecule has 0 saturated heterocycles. The molecule has 0 aromatic heterocycles. The molecule has 102 valence electrons. The summed E-state index contributed by atoms with van der Waals surface area (Å²) in [5.74, 6) is -0.298. The third-order valence-electron chi connectivity index (χ3n) is 3.37. The number of hydrogen-bond donors (Lipinski definition) is 1. The molecule has 1 aliphatic carbocycles. The third kappa shape index (κ3) is 3.43. The van der Waals surface area contributed by atoms with Gasteiger partial charge >= 0.3 is 0 Å². The van der Waals surface area contributed by atoms with Crippen molar-refractivity contribution < 1.29 is 14.7 Å². The Bertz CT molecular complexity index is 444. The van der Waals surface area contributed by atoms with Crippen molar-refractivity contribution in [1.82, 2.24) is 5.06 Å². The molecule has 1 N–H and O–H groups in total. The average Bonchev–Trinajstić information content (AvgIpc) is 2.47. The van der Waals surface area contributed by atoms with Gasteiger partial charge in [-0.3, -0.25) is 10.0 Å². The van der Waals surface area contributed by atoms with Gasteiger partial charge in [-0.1, -0.05) is 42.5 Å². The monoisotopic (exact) mass is 261 g/mol. The van der Waals surface area contributed by atoms with Crippen LogP contribution in [0.2, 0.25) is 0 Å². The van der Waals surface area contributed by atoms with Crippen LogP contribution in [0.15, 0.2) is 42.5 Å². The highest BCUT2D eigenvalue weighted by molar-refractivity contribution is 5.78. The Hall–Kier alpha value is -1.65. The molecule has 0 bridgehead atoms. The lowest BCUT2D eigenvalue weighted by molar-refractivity contribution is -0.185. The van der Waals surface area contributed by atoms with E-state index in [-0.39, 0.29) is 24.5 Å². The zero-order chi connectivity index (χ0) is 13.7. The van der Waals surface area contributed by atoms with E-state index in [4.69, 9.17) is 4.74 Å². The first kappa shape index (κ1) is 13.8. The van der Waals surface area contributed by atoms with Crippen LogP contribution < -0.4 is 0 Å². The molecule has 0 aliphatic heterocycles. The van der Waals surface area contributed by atoms with E-state index >= 15 is 0 Å². The van der Waals surface area contributed by atoms with Crippen molar-refractivity contribution >= 4 is 5.91 Å². The van der Waals surface area contributed by atoms with Gasteiger partial charge in [-0.25, -0.2) is 5.06 Å². The number of amides is 1. The number of nitrogens with zero attached hydrogens (tertiary/aromatic N) is 1. The predicted molar refractivity (Wildman–Crippen MR) is 71.7 cm³/mol. The second-order valence-corrected chi connectivity index (χ2v) is 4.67. The minimum Gasteiger partial charge on any atom is -0.375 e. The first-order valence-corrected chi connectivity index (χ1v) is 6.46. The Morgan fingerprint density at radius 2 is 2.16 bits per heavy atom. The highest BCUT2D eigenvalue weighted by atomic mass is 16.5. The van der Waals surface area contributed by atoms with E-state index in [0.29, 0.717) is 6.42 Å². The summed E-state index contributed by atoms with van der Waals surface area (Å²) >= 11 is 0. The number of carbonyl (C=O) groups is 1. The number of allylic oxidation sites excluding steroid dienone is 1. The Balaban J connectivity index is 2.00. The first-order valence-electron chi connectivity index (χ1n) is 6.46. The van der Waals surface area contributed by atoms with E-state index in [2.05, 4.69) is 0 Å². The number of hydrogen-bond acceptors (Lipinski definition) is 3. The highest BCUT2D eigenvalue weighted by Gasteiger charge is 2.30. The van der Waals surface area contributed by atoms with Crippen LogP contribution in [0.1, 0.15) is 18.4 Å². The average molecular weight is 261 g/mol. The van der Waals surface area contributed by atoms with Crippen LogP contribution >= 0.6 is 0 Å². The minimum atomic E-state index is -0.300. The molecule has 0 saturated carbocycles. The smallest absolute Gasteiger partial charge is 0.250 e. The number of carbonyl (C=O) groups excluding carboxylic acids is 1. The van der Waals surface area contributed by atoms with E-state index < -0.39 is 0 Å². The normalized spacial score (nSPS) is 22.2. The molecule has 0 unspecified atom stereocenters. The van der Waals surface area contributed by atoms with Crippen molar-refractivity contribution in [2.45, 2.75) is 31.4 Å². The molecule has 2 rings (SSSR count). The van der Waals surface area contributed by atoms with Gasteiger partial charge < -0.3 is 4.74 Å². The molecule has 2 atom stereocenters. The molecule has 1 aromatic carbocycles. The lowest BCUT2D eigenvalue weighted by atomic mass is 9.98. The second-order valence-electron chi connectivity index (χ2n) is 4.67. The highest BCUT2D eigenvalue weighted by Crippen LogP contribution is 2.19. The Kier molecular flexibility index (Phi) is 4.71. The molecule has 4 heteroatoms. The Morgan fingerprint density at radius 3 is 2.84 bits per heavy atom. The van der Waals surface area contributed by atoms with Gasteiger partial charge in [0.05, 0.1) is 18.6 Å². The summed E-state index contributed by atoms with van der Waals surface area (Å²) in [6.45, 7) is 0. The van der Waals surface area contributed by atoms with Crippen molar-refractivity contribution in [3.8, 4) is 0 Å². The molecule has 0 spiro atoms. The van der Waals surface area contributed by atoms with Crippen LogP contribution in [0, 0.1) is 0 Å². The maximum atomic E-state index is 12.1. The molecule has 1 amide bonds. The molecular formula is C15H19NO3. The maximum absolute atomic E-state index is 12.1. The van der Waals surface area contributed by atoms with Gasteiger partial charge in [0.1, 0.15) is 0 Å². The van der Waals surface area contributed by atoms with Crippen molar-refractivity contribution in [3.63, 3.8) is 0 Å². The van der Waals surface area contributed by atoms with Crippen LogP contribution in [0.5, 0.6) is 0 Å². The van der Waals surface area contributed by atoms with Crippen LogP contribution in [-0.2, 0) is 16.0 Å². The molecule has 0 fully saturated rings. The molecular weight excluding hydrogens is 242 g/mol. The fraction of sp³-hybridized carbons (Fsp3) is 0.400. The topological polar surface area (TPSA) is 49.8 Å². The van der Waals surface area contributed by atoms with Gasteiger partial charge in [0.2, 0.25) is 0 Å². The van der Waals surface area contributed by atoms with E-state index in [1.807, 2.05) is 42.5 Å². The van der Waals surface area contributed by atoms with Crippen molar-refractivity contribution in [3.05, 3.63) is 48.0 Å². The van der Waals surface area contributed by atoms with Gasteiger partial charge in [-0.05, 0) is 18.4 Å². The Morgan fingerprint density at radius 1 is 1.42 bits per heavy atom. The fourth-order valence-corrected chi connectivity index (χ4v) is 2.32. The molecule has 0 radical (unpaired) electrons. The zero-order valence-corrected chi connectivity index (χ0v) is 11.0. The van der Waals surface area contributed by atoms with Crippen molar-refractivity contribution in [2.24, 2.45) is 0 Å². The number of methoxy groups -OCH3 is 1. The summed E-state index contributed by atoms with van der Waals surface area (Å²) in [4.78, 5) is 12.1. The molecule has 0 heterocycles. The SMILES string of the molecule is CO[C@@H]1C=CCC[C@H]1N(O)C(=O)Cc1ccccc1. The summed E-state index contributed by atoms with van der Waals surface area (Å²) in [5, 5.41) is 10.9. The fourth-order valence-electron chi connectivity index (χ4n) is 2.32. The predicted octanol–water partition coefficient (Wildman–Crippen LogP) is 2.18. The molecule has 19 heavy (non-hydrogen) atoms. The van der Waals surface area contributed by atoms with Gasteiger partial charge in [0, 0.05) is 7.11 Å². The van der Waals surface area contributed by atoms with Crippen LogP contribution in [0.3, 0.4) is 0 Å². The molecule has 4 nitrogen and oxygen atoms in total. The minimum absolute atomic E-state index is 0.202. The molecule has 1 aliphatic rings. The van der Waals surface area contributed by atoms with Crippen molar-refractivity contribution in [2.75, 3.05) is 7.11 Å². The number of benzene rings is 1. The van der Waals surface area contributed by atoms with E-state index in [1.54, 1.807) is 7.11 Å². The van der Waals surface area contributed by atoms with Crippen LogP contribution in [-0.4, -0.2) is 35.4 Å². The van der Waals surface area contributed by atoms with E-state index in [0.717, 1.165) is 17.0 Å². The molecule has 1 aromatic rings. The van der Waals surface area contributed by atoms with Crippen LogP contribution in [0.4, 0.5) is 0 Å². The largest absolute Gasteiger partial charge is 0.375 e. The van der Waals surface area contributed by atoms with E-state index in [1.165, 1.54) is 0 Å². The van der Waals surface area contributed by atoms with Gasteiger partial charge in [-0.2, -0.15) is 0 Å². The third-order valence-corrected chi connectivity index (χ3v) is 3.37. The van der Waals surface area contributed by atoms with Crippen LogP contribution in [0.25, 0.3) is 0 Å². The van der Waals surface area contributed by atoms with Crippen molar-refractivity contribution in [1.29, 1.82) is 0 Å². The first-order chi connectivity index (χ1) is 9.22. The van der Waals surface area contributed by atoms with Gasteiger partial charge in [0.15, 0.2) is 0 Å². The van der Waals surface area contributed by atoms with Gasteiger partial charge in [-0.15, -0.1) is 0 Å². The summed E-state index contributed by atoms with van der Waals surface area (Å²) in [6, 6.07) is 9.11. The zero-order valence-electron chi connectivity index (χ0n) is 11.0. The van der Waals surface area contributed by atoms with E-state index in [9.17, 15) is 10.0 Å². The summed E-state index contributed by atoms with van der Waals surface area (Å²) < 4.78 is 5.28. The number of ether oxygens (including phenoxy) is 1. The Labute approximate surface area is 113 Å². The summed E-state index contributed by atoms with van der Waals surface area (Å²) in [5.41, 5.74) is 0.895. The summed E-state index contributed by atoms with van der Waals surface area (Å²) in [7, 11) is 1.59. The quantitative estimate of drug-likeness (QED) is 0.513. The number of hydroxylamine groups is 2. The lowest BCUT2D eigenvalue weighted by Gasteiger charge is -2.32. The lowest BCUT2D eigenvalue weighted by Crippen LogP contribution is -2.46. The maximum Gasteiger partial charge on any atom is 0.250 e. The summed E-state index contributed by atoms with van der Waals surface area (Å²) in [6.07, 6.45) is 5.44. The second kappa shape index (κ2) is 6.50. The standard InChI is InChI=1S/C15H19NO3/c1-19-14-10-6-5-9-13(14)16(18)15(17)11-12-7-3-2-4-8-12/h2-4,6-8,10,13-14,18H,5,9,11H2,1H3/t13-,14-/m1/s1.